The monoisotopic (exact) mass is 148 g/mol. The molecule has 0 aliphatic heterocycles. The van der Waals surface area contributed by atoms with E-state index in [-0.39, 0.29) is 0 Å². The highest BCUT2D eigenvalue weighted by Gasteiger charge is 2.20. The molecule has 0 nitrogen and oxygen atoms in total. The van der Waals surface area contributed by atoms with E-state index >= 15 is 0 Å². The van der Waals surface area contributed by atoms with Crippen LogP contribution in [-0.4, -0.2) is 0 Å². The third kappa shape index (κ3) is 1.15. The molecule has 0 aromatic heterocycles. The molecule has 0 aromatic carbocycles. The van der Waals surface area contributed by atoms with Gasteiger partial charge >= 0.3 is 0 Å². The van der Waals surface area contributed by atoms with Crippen molar-refractivity contribution in [2.24, 2.45) is 5.92 Å². The lowest BCUT2D eigenvalue weighted by Crippen LogP contribution is -2.02. The zero-order valence-electron chi connectivity index (χ0n) is 7.27. The van der Waals surface area contributed by atoms with E-state index in [1.807, 2.05) is 0 Å². The van der Waals surface area contributed by atoms with E-state index in [1.165, 1.54) is 32.1 Å². The molecule has 11 heavy (non-hydrogen) atoms. The summed E-state index contributed by atoms with van der Waals surface area (Å²) in [5.41, 5.74) is 3.43. The molecule has 0 fully saturated rings. The summed E-state index contributed by atoms with van der Waals surface area (Å²) in [6.07, 6.45) is 11.6. The summed E-state index contributed by atoms with van der Waals surface area (Å²) in [5, 5.41) is 0. The van der Waals surface area contributed by atoms with Crippen molar-refractivity contribution in [3.8, 4) is 0 Å². The van der Waals surface area contributed by atoms with Gasteiger partial charge in [-0.05, 0) is 43.6 Å². The van der Waals surface area contributed by atoms with Crippen molar-refractivity contribution < 1.29 is 0 Å². The molecule has 0 bridgehead atoms. The molecule has 1 unspecified atom stereocenters. The molecule has 2 rings (SSSR count). The summed E-state index contributed by atoms with van der Waals surface area (Å²) < 4.78 is 0. The van der Waals surface area contributed by atoms with Crippen molar-refractivity contribution in [3.05, 3.63) is 23.3 Å². The maximum atomic E-state index is 2.40. The zero-order chi connectivity index (χ0) is 7.68. The minimum Gasteiger partial charge on any atom is -0.0771 e. The van der Waals surface area contributed by atoms with Gasteiger partial charge < -0.3 is 0 Å². The zero-order valence-corrected chi connectivity index (χ0v) is 7.27. The van der Waals surface area contributed by atoms with Gasteiger partial charge in [-0.2, -0.15) is 0 Å². The lowest BCUT2D eigenvalue weighted by molar-refractivity contribution is 0.614. The Morgan fingerprint density at radius 1 is 1.36 bits per heavy atom. The largest absolute Gasteiger partial charge is 0.0771 e. The van der Waals surface area contributed by atoms with E-state index in [0.29, 0.717) is 0 Å². The summed E-state index contributed by atoms with van der Waals surface area (Å²) >= 11 is 0. The van der Waals surface area contributed by atoms with Crippen LogP contribution in [0.2, 0.25) is 0 Å². The fraction of sp³-hybridized carbons (Fsp3) is 0.636. The van der Waals surface area contributed by atoms with Crippen LogP contribution in [0.5, 0.6) is 0 Å². The van der Waals surface area contributed by atoms with Crippen molar-refractivity contribution in [2.75, 3.05) is 0 Å². The van der Waals surface area contributed by atoms with Crippen LogP contribution in [0.4, 0.5) is 0 Å². The standard InChI is InChI=1S/C11H16/c1-2-9-7-8-10-5-3-4-6-11(9)10/h7-9H,2-6H2,1H3. The van der Waals surface area contributed by atoms with Gasteiger partial charge in [0, 0.05) is 0 Å². The van der Waals surface area contributed by atoms with Crippen LogP contribution in [0.15, 0.2) is 23.3 Å². The fourth-order valence-corrected chi connectivity index (χ4v) is 2.30. The highest BCUT2D eigenvalue weighted by molar-refractivity contribution is 5.37. The number of rotatable bonds is 1. The number of hydrogen-bond donors (Lipinski definition) is 0. The molecule has 0 radical (unpaired) electrons. The van der Waals surface area contributed by atoms with Crippen molar-refractivity contribution in [1.82, 2.24) is 0 Å². The van der Waals surface area contributed by atoms with Gasteiger partial charge in [-0.15, -0.1) is 0 Å². The summed E-state index contributed by atoms with van der Waals surface area (Å²) in [6, 6.07) is 0. The second-order valence-electron chi connectivity index (χ2n) is 3.63. The van der Waals surface area contributed by atoms with Crippen LogP contribution < -0.4 is 0 Å². The molecule has 0 saturated carbocycles. The maximum Gasteiger partial charge on any atom is -0.00169 e. The third-order valence-corrected chi connectivity index (χ3v) is 2.97. The molecule has 0 amide bonds. The Bertz CT molecular complexity index is 208. The van der Waals surface area contributed by atoms with Crippen LogP contribution in [-0.2, 0) is 0 Å². The van der Waals surface area contributed by atoms with E-state index in [4.69, 9.17) is 0 Å². The first-order chi connectivity index (χ1) is 5.42. The van der Waals surface area contributed by atoms with Crippen LogP contribution >= 0.6 is 0 Å². The molecule has 2 aliphatic rings. The highest BCUT2D eigenvalue weighted by atomic mass is 14.3. The van der Waals surface area contributed by atoms with Gasteiger partial charge in [-0.3, -0.25) is 0 Å². The van der Waals surface area contributed by atoms with E-state index < -0.39 is 0 Å². The normalized spacial score (nSPS) is 29.4. The molecule has 0 spiro atoms. The number of hydrogen-bond acceptors (Lipinski definition) is 0. The molecule has 0 saturated heterocycles. The number of allylic oxidation sites excluding steroid dienone is 4. The molecular weight excluding hydrogens is 132 g/mol. The van der Waals surface area contributed by atoms with Gasteiger partial charge in [0.25, 0.3) is 0 Å². The smallest absolute Gasteiger partial charge is 0.00169 e. The van der Waals surface area contributed by atoms with Gasteiger partial charge in [-0.1, -0.05) is 24.6 Å². The van der Waals surface area contributed by atoms with E-state index in [2.05, 4.69) is 19.1 Å². The van der Waals surface area contributed by atoms with Crippen molar-refractivity contribution in [1.29, 1.82) is 0 Å². The Kier molecular flexibility index (Phi) is 1.85. The Hall–Kier alpha value is -0.520. The second kappa shape index (κ2) is 2.84. The lowest BCUT2D eigenvalue weighted by atomic mass is 9.88. The van der Waals surface area contributed by atoms with E-state index in [1.54, 1.807) is 11.1 Å². The highest BCUT2D eigenvalue weighted by Crippen LogP contribution is 2.37. The SMILES string of the molecule is CCC1C=CC2=C1CCCC2. The predicted octanol–water partition coefficient (Wildman–Crippen LogP) is 3.45. The Labute approximate surface area is 69.0 Å². The van der Waals surface area contributed by atoms with E-state index in [0.717, 1.165) is 5.92 Å². The van der Waals surface area contributed by atoms with Crippen LogP contribution in [0.3, 0.4) is 0 Å². The van der Waals surface area contributed by atoms with Gasteiger partial charge in [-0.25, -0.2) is 0 Å². The minimum atomic E-state index is 0.810. The first-order valence-electron chi connectivity index (χ1n) is 4.82. The predicted molar refractivity (Wildman–Crippen MR) is 48.4 cm³/mol. The topological polar surface area (TPSA) is 0 Å². The lowest BCUT2D eigenvalue weighted by Gasteiger charge is -2.18. The Balaban J connectivity index is 2.21. The molecular formula is C11H16. The van der Waals surface area contributed by atoms with Gasteiger partial charge in [0.05, 0.1) is 0 Å². The molecule has 0 aromatic rings. The Morgan fingerprint density at radius 3 is 3.00 bits per heavy atom. The molecule has 0 heteroatoms. The second-order valence-corrected chi connectivity index (χ2v) is 3.63. The van der Waals surface area contributed by atoms with Gasteiger partial charge in [0.15, 0.2) is 0 Å². The van der Waals surface area contributed by atoms with Crippen molar-refractivity contribution in [3.63, 3.8) is 0 Å². The summed E-state index contributed by atoms with van der Waals surface area (Å²) in [6.45, 7) is 2.29. The molecule has 0 heterocycles. The van der Waals surface area contributed by atoms with Crippen molar-refractivity contribution in [2.45, 2.75) is 39.0 Å². The average Bonchev–Trinajstić information content (AvgIpc) is 2.47. The molecule has 0 N–H and O–H groups in total. The van der Waals surface area contributed by atoms with Gasteiger partial charge in [0.1, 0.15) is 0 Å². The fourth-order valence-electron chi connectivity index (χ4n) is 2.30. The summed E-state index contributed by atoms with van der Waals surface area (Å²) in [7, 11) is 0. The Morgan fingerprint density at radius 2 is 2.18 bits per heavy atom. The van der Waals surface area contributed by atoms with Crippen LogP contribution in [0, 0.1) is 5.92 Å². The van der Waals surface area contributed by atoms with Crippen LogP contribution in [0.1, 0.15) is 39.0 Å². The molecule has 1 atom stereocenters. The first kappa shape index (κ1) is 7.15. The first-order valence-corrected chi connectivity index (χ1v) is 4.82. The minimum absolute atomic E-state index is 0.810. The van der Waals surface area contributed by atoms with E-state index in [9.17, 15) is 0 Å². The quantitative estimate of drug-likeness (QED) is 0.534. The van der Waals surface area contributed by atoms with Crippen LogP contribution in [0.25, 0.3) is 0 Å². The molecule has 2 aliphatic carbocycles. The third-order valence-electron chi connectivity index (χ3n) is 2.97. The summed E-state index contributed by atoms with van der Waals surface area (Å²) in [5.74, 6) is 0.810. The van der Waals surface area contributed by atoms with Gasteiger partial charge in [0.2, 0.25) is 0 Å². The average molecular weight is 148 g/mol. The maximum absolute atomic E-state index is 2.40. The summed E-state index contributed by atoms with van der Waals surface area (Å²) in [4.78, 5) is 0. The van der Waals surface area contributed by atoms with Crippen molar-refractivity contribution >= 4 is 0 Å². The molecule has 60 valence electrons.